The standard InChI is InChI=1S/C12H10Cl2N2OS/c1-18-12-5-2-8(7-15-12)17-10-3-4-11(14)16-9(10)6-13/h2-5,7H,6H2,1H3. The van der Waals surface area contributed by atoms with Crippen LogP contribution in [-0.4, -0.2) is 16.2 Å². The molecular formula is C12H10Cl2N2OS. The molecule has 0 fully saturated rings. The average Bonchev–Trinajstić information content (AvgIpc) is 2.41. The molecule has 94 valence electrons. The maximum atomic E-state index is 5.80. The smallest absolute Gasteiger partial charge is 0.150 e. The Morgan fingerprint density at radius 2 is 2.11 bits per heavy atom. The Morgan fingerprint density at radius 3 is 2.72 bits per heavy atom. The molecule has 3 nitrogen and oxygen atoms in total. The second-order valence-electron chi connectivity index (χ2n) is 3.35. The molecule has 0 spiro atoms. The second kappa shape index (κ2) is 6.27. The highest BCUT2D eigenvalue weighted by Crippen LogP contribution is 2.27. The zero-order chi connectivity index (χ0) is 13.0. The number of rotatable bonds is 4. The van der Waals surface area contributed by atoms with E-state index in [0.29, 0.717) is 22.3 Å². The Labute approximate surface area is 120 Å². The Hall–Kier alpha value is -0.970. The number of halogens is 2. The minimum Gasteiger partial charge on any atom is -0.454 e. The Bertz CT molecular complexity index is 534. The molecule has 0 N–H and O–H groups in total. The minimum absolute atomic E-state index is 0.242. The van der Waals surface area contributed by atoms with Gasteiger partial charge in [-0.3, -0.25) is 0 Å². The van der Waals surface area contributed by atoms with E-state index in [1.54, 1.807) is 30.1 Å². The highest BCUT2D eigenvalue weighted by atomic mass is 35.5. The lowest BCUT2D eigenvalue weighted by Gasteiger charge is -2.09. The van der Waals surface area contributed by atoms with Crippen molar-refractivity contribution in [2.75, 3.05) is 6.26 Å². The molecule has 2 rings (SSSR count). The molecule has 18 heavy (non-hydrogen) atoms. The van der Waals surface area contributed by atoms with E-state index in [1.165, 1.54) is 0 Å². The van der Waals surface area contributed by atoms with E-state index in [2.05, 4.69) is 9.97 Å². The van der Waals surface area contributed by atoms with Gasteiger partial charge in [-0.25, -0.2) is 9.97 Å². The lowest BCUT2D eigenvalue weighted by molar-refractivity contribution is 0.472. The van der Waals surface area contributed by atoms with Gasteiger partial charge in [0.1, 0.15) is 16.7 Å². The highest BCUT2D eigenvalue weighted by molar-refractivity contribution is 7.98. The van der Waals surface area contributed by atoms with Crippen LogP contribution in [0.15, 0.2) is 35.5 Å². The maximum Gasteiger partial charge on any atom is 0.150 e. The lowest BCUT2D eigenvalue weighted by Crippen LogP contribution is -1.93. The van der Waals surface area contributed by atoms with Gasteiger partial charge >= 0.3 is 0 Å². The number of nitrogens with zero attached hydrogens (tertiary/aromatic N) is 2. The third-order valence-corrected chi connectivity index (χ3v) is 3.29. The quantitative estimate of drug-likeness (QED) is 0.477. The van der Waals surface area contributed by atoms with Crippen molar-refractivity contribution in [1.82, 2.24) is 9.97 Å². The summed E-state index contributed by atoms with van der Waals surface area (Å²) in [5.41, 5.74) is 0.609. The van der Waals surface area contributed by atoms with Crippen LogP contribution in [0.1, 0.15) is 5.69 Å². The van der Waals surface area contributed by atoms with Crippen molar-refractivity contribution in [3.05, 3.63) is 41.3 Å². The molecule has 0 amide bonds. The first kappa shape index (κ1) is 13.5. The van der Waals surface area contributed by atoms with Crippen LogP contribution in [0.3, 0.4) is 0 Å². The average molecular weight is 301 g/mol. The van der Waals surface area contributed by atoms with Gasteiger partial charge in [0, 0.05) is 0 Å². The molecule has 0 aromatic carbocycles. The van der Waals surface area contributed by atoms with Crippen LogP contribution < -0.4 is 4.74 Å². The highest BCUT2D eigenvalue weighted by Gasteiger charge is 2.07. The largest absolute Gasteiger partial charge is 0.454 e. The number of hydrogen-bond acceptors (Lipinski definition) is 4. The van der Waals surface area contributed by atoms with Crippen molar-refractivity contribution in [1.29, 1.82) is 0 Å². The van der Waals surface area contributed by atoms with Crippen LogP contribution in [0.5, 0.6) is 11.5 Å². The molecule has 6 heteroatoms. The van der Waals surface area contributed by atoms with Gasteiger partial charge in [0.15, 0.2) is 0 Å². The predicted molar refractivity (Wildman–Crippen MR) is 74.9 cm³/mol. The van der Waals surface area contributed by atoms with Gasteiger partial charge in [0.25, 0.3) is 0 Å². The Balaban J connectivity index is 2.22. The van der Waals surface area contributed by atoms with Crippen LogP contribution in [0.4, 0.5) is 0 Å². The summed E-state index contributed by atoms with van der Waals surface area (Å²) in [6, 6.07) is 7.15. The normalized spacial score (nSPS) is 10.4. The molecule has 0 saturated carbocycles. The van der Waals surface area contributed by atoms with Gasteiger partial charge in [-0.05, 0) is 30.5 Å². The number of hydrogen-bond donors (Lipinski definition) is 0. The molecule has 0 aliphatic carbocycles. The van der Waals surface area contributed by atoms with Crippen LogP contribution in [0.2, 0.25) is 5.15 Å². The summed E-state index contributed by atoms with van der Waals surface area (Å²) in [5, 5.41) is 1.34. The van der Waals surface area contributed by atoms with Crippen LogP contribution in [-0.2, 0) is 5.88 Å². The van der Waals surface area contributed by atoms with Gasteiger partial charge in [0.2, 0.25) is 0 Å². The minimum atomic E-state index is 0.242. The van der Waals surface area contributed by atoms with Crippen molar-refractivity contribution in [2.45, 2.75) is 10.9 Å². The zero-order valence-corrected chi connectivity index (χ0v) is 11.9. The molecule has 0 atom stereocenters. The molecule has 0 unspecified atom stereocenters. The Morgan fingerprint density at radius 1 is 1.28 bits per heavy atom. The first-order chi connectivity index (χ1) is 8.72. The summed E-state index contributed by atoms with van der Waals surface area (Å²) < 4.78 is 5.68. The predicted octanol–water partition coefficient (Wildman–Crippen LogP) is 4.38. The summed E-state index contributed by atoms with van der Waals surface area (Å²) >= 11 is 13.2. The van der Waals surface area contributed by atoms with Crippen LogP contribution >= 0.6 is 35.0 Å². The summed E-state index contributed by atoms with van der Waals surface area (Å²) in [6.07, 6.45) is 3.63. The van der Waals surface area contributed by atoms with E-state index in [4.69, 9.17) is 27.9 Å². The van der Waals surface area contributed by atoms with E-state index in [-0.39, 0.29) is 5.88 Å². The van der Waals surface area contributed by atoms with Crippen molar-refractivity contribution in [3.8, 4) is 11.5 Å². The Kier molecular flexibility index (Phi) is 4.69. The summed E-state index contributed by atoms with van der Waals surface area (Å²) in [6.45, 7) is 0. The molecule has 0 saturated heterocycles. The van der Waals surface area contributed by atoms with E-state index >= 15 is 0 Å². The summed E-state index contributed by atoms with van der Waals surface area (Å²) in [4.78, 5) is 8.33. The van der Waals surface area contributed by atoms with Crippen molar-refractivity contribution < 1.29 is 4.74 Å². The molecule has 0 aliphatic rings. The lowest BCUT2D eigenvalue weighted by atomic mass is 10.3. The number of alkyl halides is 1. The fourth-order valence-corrected chi connectivity index (χ4v) is 2.04. The topological polar surface area (TPSA) is 35.0 Å². The molecule has 0 aliphatic heterocycles. The third-order valence-electron chi connectivity index (χ3n) is 2.17. The molecule has 0 bridgehead atoms. The SMILES string of the molecule is CSc1ccc(Oc2ccc(Cl)nc2CCl)cn1. The number of pyridine rings is 2. The van der Waals surface area contributed by atoms with Gasteiger partial charge in [-0.1, -0.05) is 11.6 Å². The van der Waals surface area contributed by atoms with Gasteiger partial charge in [-0.15, -0.1) is 23.4 Å². The van der Waals surface area contributed by atoms with Crippen LogP contribution in [0, 0.1) is 0 Å². The second-order valence-corrected chi connectivity index (χ2v) is 4.83. The molecule has 2 heterocycles. The van der Waals surface area contributed by atoms with Crippen LogP contribution in [0.25, 0.3) is 0 Å². The van der Waals surface area contributed by atoms with Crippen molar-refractivity contribution in [3.63, 3.8) is 0 Å². The van der Waals surface area contributed by atoms with Crippen molar-refractivity contribution >= 4 is 35.0 Å². The summed E-state index contributed by atoms with van der Waals surface area (Å²) in [5.74, 6) is 1.48. The van der Waals surface area contributed by atoms with Gasteiger partial charge in [-0.2, -0.15) is 0 Å². The van der Waals surface area contributed by atoms with E-state index in [9.17, 15) is 0 Å². The maximum absolute atomic E-state index is 5.80. The van der Waals surface area contributed by atoms with Crippen molar-refractivity contribution in [2.24, 2.45) is 0 Å². The fraction of sp³-hybridized carbons (Fsp3) is 0.167. The first-order valence-corrected chi connectivity index (χ1v) is 7.26. The molecule has 2 aromatic rings. The van der Waals surface area contributed by atoms with E-state index in [0.717, 1.165) is 5.03 Å². The molecule has 2 aromatic heterocycles. The molecule has 0 radical (unpaired) electrons. The van der Waals surface area contributed by atoms with Gasteiger partial charge in [0.05, 0.1) is 22.8 Å². The van der Waals surface area contributed by atoms with E-state index in [1.807, 2.05) is 18.4 Å². The number of ether oxygens (including phenoxy) is 1. The third kappa shape index (κ3) is 3.28. The fourth-order valence-electron chi connectivity index (χ4n) is 1.33. The summed E-state index contributed by atoms with van der Waals surface area (Å²) in [7, 11) is 0. The van der Waals surface area contributed by atoms with Gasteiger partial charge < -0.3 is 4.74 Å². The van der Waals surface area contributed by atoms with E-state index < -0.39 is 0 Å². The number of thioether (sulfide) groups is 1. The monoisotopic (exact) mass is 300 g/mol. The molecular weight excluding hydrogens is 291 g/mol. The first-order valence-electron chi connectivity index (χ1n) is 5.12. The number of aromatic nitrogens is 2. The zero-order valence-electron chi connectivity index (χ0n) is 9.56.